The van der Waals surface area contributed by atoms with E-state index in [1.165, 1.54) is 25.7 Å². The molecule has 0 unspecified atom stereocenters. The van der Waals surface area contributed by atoms with Crippen molar-refractivity contribution in [1.29, 1.82) is 0 Å². The topological polar surface area (TPSA) is 156 Å². The summed E-state index contributed by atoms with van der Waals surface area (Å²) in [5.41, 5.74) is 2.32. The maximum atomic E-state index is 13.8. The summed E-state index contributed by atoms with van der Waals surface area (Å²) < 4.78 is 54.3. The third-order valence-corrected chi connectivity index (χ3v) is 8.06. The molecule has 0 aliphatic heterocycles. The van der Waals surface area contributed by atoms with Gasteiger partial charge in [0.25, 0.3) is 0 Å². The molecule has 214 valence electrons. The van der Waals surface area contributed by atoms with Crippen LogP contribution in [0.1, 0.15) is 49.1 Å². The van der Waals surface area contributed by atoms with Crippen LogP contribution < -0.4 is 14.2 Å². The lowest BCUT2D eigenvalue weighted by molar-refractivity contribution is 0.0466. The molecule has 0 fully saturated rings. The Labute approximate surface area is 232 Å². The lowest BCUT2D eigenvalue weighted by Gasteiger charge is -2.24. The molecular formula is C26H33N7O6S. The van der Waals surface area contributed by atoms with E-state index in [2.05, 4.69) is 30.0 Å². The number of ether oxygens (including phenoxy) is 3. The minimum absolute atomic E-state index is 0.108. The highest BCUT2D eigenvalue weighted by Crippen LogP contribution is 2.38. The zero-order valence-corrected chi connectivity index (χ0v) is 24.3. The number of sulfonamides is 1. The molecule has 0 spiro atoms. The number of rotatable bonds is 12. The molecule has 0 aliphatic carbocycles. The average Bonchev–Trinajstić information content (AvgIpc) is 3.50. The van der Waals surface area contributed by atoms with Crippen LogP contribution >= 0.6 is 0 Å². The predicted molar refractivity (Wildman–Crippen MR) is 147 cm³/mol. The molecule has 0 bridgehead atoms. The molecule has 2 atom stereocenters. The van der Waals surface area contributed by atoms with Gasteiger partial charge in [-0.2, -0.15) is 0 Å². The van der Waals surface area contributed by atoms with E-state index < -0.39 is 21.4 Å². The molecule has 0 saturated carbocycles. The number of para-hydroxylation sites is 1. The van der Waals surface area contributed by atoms with Gasteiger partial charge in [0.15, 0.2) is 17.3 Å². The Morgan fingerprint density at radius 3 is 2.25 bits per heavy atom. The number of aromatic nitrogens is 6. The molecule has 0 aliphatic rings. The number of nitrogens with one attached hydrogen (secondary N) is 1. The van der Waals surface area contributed by atoms with Crippen molar-refractivity contribution in [2.75, 3.05) is 25.5 Å². The summed E-state index contributed by atoms with van der Waals surface area (Å²) in [7, 11) is -1.15. The SMILES string of the molecule is CCCO[C@@H](c1ncc(C)cn1)[C@H](C)S(=O)(=O)Nc1nnc(-c2noc(C)c2C)n1-c1c(OC)cccc1OC. The van der Waals surface area contributed by atoms with Crippen LogP contribution in [0.4, 0.5) is 5.95 Å². The van der Waals surface area contributed by atoms with Gasteiger partial charge in [-0.25, -0.2) is 18.4 Å². The number of aryl methyl sites for hydroxylation is 2. The fourth-order valence-electron chi connectivity index (χ4n) is 3.99. The van der Waals surface area contributed by atoms with Crippen molar-refractivity contribution in [2.24, 2.45) is 0 Å². The quantitative estimate of drug-likeness (QED) is 0.262. The lowest BCUT2D eigenvalue weighted by Crippen LogP contribution is -2.34. The van der Waals surface area contributed by atoms with Crippen molar-refractivity contribution in [2.45, 2.75) is 52.4 Å². The zero-order valence-electron chi connectivity index (χ0n) is 23.5. The first-order valence-electron chi connectivity index (χ1n) is 12.6. The number of benzene rings is 1. The standard InChI is InChI=1S/C26H33N7O6S/c1-8-12-38-23(24-27-13-15(2)14-28-24)18(5)40(34,35)32-26-30-29-25(21-16(3)17(4)39-31-21)33(26)22-19(36-6)10-9-11-20(22)37-7/h9-11,13-14,18,23H,8,12H2,1-7H3,(H,30,32)/t18-,23+/m0/s1. The summed E-state index contributed by atoms with van der Waals surface area (Å²) in [6, 6.07) is 5.18. The fourth-order valence-corrected chi connectivity index (χ4v) is 5.09. The number of anilines is 1. The molecule has 1 N–H and O–H groups in total. The van der Waals surface area contributed by atoms with Crippen LogP contribution in [0.25, 0.3) is 17.2 Å². The lowest BCUT2D eigenvalue weighted by atomic mass is 10.2. The van der Waals surface area contributed by atoms with Crippen LogP contribution in [-0.2, 0) is 14.8 Å². The Morgan fingerprint density at radius 1 is 1.05 bits per heavy atom. The van der Waals surface area contributed by atoms with Crippen molar-refractivity contribution in [3.05, 3.63) is 53.3 Å². The number of hydrogen-bond donors (Lipinski definition) is 1. The Morgan fingerprint density at radius 2 is 1.70 bits per heavy atom. The van der Waals surface area contributed by atoms with E-state index in [0.29, 0.717) is 41.7 Å². The molecule has 3 heterocycles. The highest BCUT2D eigenvalue weighted by molar-refractivity contribution is 7.93. The number of hydrogen-bond acceptors (Lipinski definition) is 11. The summed E-state index contributed by atoms with van der Waals surface area (Å²) >= 11 is 0. The van der Waals surface area contributed by atoms with E-state index in [0.717, 1.165) is 11.1 Å². The first-order chi connectivity index (χ1) is 19.1. The average molecular weight is 572 g/mol. The highest BCUT2D eigenvalue weighted by atomic mass is 32.2. The van der Waals surface area contributed by atoms with Gasteiger partial charge in [-0.15, -0.1) is 10.2 Å². The van der Waals surface area contributed by atoms with Crippen LogP contribution in [0.3, 0.4) is 0 Å². The molecule has 0 saturated heterocycles. The number of nitrogens with zero attached hydrogens (tertiary/aromatic N) is 6. The van der Waals surface area contributed by atoms with Gasteiger partial charge in [0.1, 0.15) is 34.3 Å². The van der Waals surface area contributed by atoms with Gasteiger partial charge in [-0.3, -0.25) is 9.29 Å². The van der Waals surface area contributed by atoms with Gasteiger partial charge in [0.05, 0.1) is 14.2 Å². The molecule has 40 heavy (non-hydrogen) atoms. The maximum Gasteiger partial charge on any atom is 0.243 e. The van der Waals surface area contributed by atoms with E-state index in [4.69, 9.17) is 18.7 Å². The highest BCUT2D eigenvalue weighted by Gasteiger charge is 2.36. The van der Waals surface area contributed by atoms with Gasteiger partial charge < -0.3 is 18.7 Å². The van der Waals surface area contributed by atoms with E-state index in [1.54, 1.807) is 37.5 Å². The van der Waals surface area contributed by atoms with Crippen LogP contribution in [0, 0.1) is 20.8 Å². The molecular weight excluding hydrogens is 538 g/mol. The van der Waals surface area contributed by atoms with E-state index in [1.807, 2.05) is 20.8 Å². The van der Waals surface area contributed by atoms with Gasteiger partial charge >= 0.3 is 0 Å². The van der Waals surface area contributed by atoms with Crippen LogP contribution in [0.15, 0.2) is 35.1 Å². The second kappa shape index (κ2) is 12.0. The summed E-state index contributed by atoms with van der Waals surface area (Å²) in [5, 5.41) is 11.5. The van der Waals surface area contributed by atoms with Gasteiger partial charge in [-0.1, -0.05) is 18.1 Å². The summed E-state index contributed by atoms with van der Waals surface area (Å²) in [5.74, 6) is 1.75. The van der Waals surface area contributed by atoms with Gasteiger partial charge in [-0.05, 0) is 51.8 Å². The fraction of sp³-hybridized carbons (Fsp3) is 0.423. The molecule has 14 heteroatoms. The van der Waals surface area contributed by atoms with Crippen LogP contribution in [0.5, 0.6) is 11.5 Å². The molecule has 0 amide bonds. The first-order valence-corrected chi connectivity index (χ1v) is 14.2. The largest absolute Gasteiger partial charge is 0.494 e. The van der Waals surface area contributed by atoms with Crippen molar-refractivity contribution < 1.29 is 27.2 Å². The van der Waals surface area contributed by atoms with E-state index in [9.17, 15) is 8.42 Å². The second-order valence-electron chi connectivity index (χ2n) is 9.17. The number of methoxy groups -OCH3 is 2. The smallest absolute Gasteiger partial charge is 0.243 e. The third-order valence-electron chi connectivity index (χ3n) is 6.36. The monoisotopic (exact) mass is 571 g/mol. The van der Waals surface area contributed by atoms with Crippen molar-refractivity contribution in [1.82, 2.24) is 29.9 Å². The summed E-state index contributed by atoms with van der Waals surface area (Å²) in [4.78, 5) is 8.65. The first kappa shape index (κ1) is 29.0. The van der Waals surface area contributed by atoms with E-state index >= 15 is 0 Å². The predicted octanol–water partition coefficient (Wildman–Crippen LogP) is 3.95. The molecule has 0 radical (unpaired) electrons. The Kier molecular flexibility index (Phi) is 8.69. The van der Waals surface area contributed by atoms with E-state index in [-0.39, 0.29) is 17.6 Å². The Hall–Kier alpha value is -4.04. The molecule has 13 nitrogen and oxygen atoms in total. The van der Waals surface area contributed by atoms with Crippen molar-refractivity contribution >= 4 is 16.0 Å². The second-order valence-corrected chi connectivity index (χ2v) is 11.2. The minimum Gasteiger partial charge on any atom is -0.494 e. The molecule has 1 aromatic carbocycles. The molecule has 4 aromatic rings. The van der Waals surface area contributed by atoms with Crippen LogP contribution in [0.2, 0.25) is 0 Å². The summed E-state index contributed by atoms with van der Waals surface area (Å²) in [6.07, 6.45) is 2.99. The van der Waals surface area contributed by atoms with Crippen LogP contribution in [-0.4, -0.2) is 64.4 Å². The molecule has 3 aromatic heterocycles. The maximum absolute atomic E-state index is 13.8. The zero-order chi connectivity index (χ0) is 29.0. The van der Waals surface area contributed by atoms with Crippen molar-refractivity contribution in [3.63, 3.8) is 0 Å². The minimum atomic E-state index is -4.15. The van der Waals surface area contributed by atoms with Gasteiger partial charge in [0, 0.05) is 24.6 Å². The molecule has 4 rings (SSSR count). The van der Waals surface area contributed by atoms with Gasteiger partial charge in [0.2, 0.25) is 16.0 Å². The summed E-state index contributed by atoms with van der Waals surface area (Å²) in [6.45, 7) is 9.23. The Bertz CT molecular complexity index is 1540. The third kappa shape index (κ3) is 5.63. The van der Waals surface area contributed by atoms with Crippen molar-refractivity contribution in [3.8, 4) is 28.7 Å². The normalized spacial score (nSPS) is 13.2. The Balaban J connectivity index is 1.84.